The Morgan fingerprint density at radius 1 is 0.893 bits per heavy atom. The zero-order valence-corrected chi connectivity index (χ0v) is 17.3. The number of carbonyl (C=O) groups is 2. The van der Waals surface area contributed by atoms with Crippen molar-refractivity contribution in [2.45, 2.75) is 19.6 Å². The summed E-state index contributed by atoms with van der Waals surface area (Å²) in [5, 5.41) is 3.05. The normalized spacial score (nSPS) is 15.0. The van der Waals surface area contributed by atoms with Gasteiger partial charge in [0.25, 0.3) is 0 Å². The molecule has 146 valence electrons. The van der Waals surface area contributed by atoms with E-state index in [2.05, 4.69) is 5.32 Å². The van der Waals surface area contributed by atoms with Crippen molar-refractivity contribution >= 4 is 31.5 Å². The van der Waals surface area contributed by atoms with Crippen LogP contribution in [0.2, 0.25) is 0 Å². The van der Waals surface area contributed by atoms with E-state index in [-0.39, 0.29) is 22.3 Å². The maximum atomic E-state index is 13.0. The molecule has 3 rings (SSSR count). The van der Waals surface area contributed by atoms with Gasteiger partial charge in [0.15, 0.2) is 8.38 Å². The van der Waals surface area contributed by atoms with Crippen LogP contribution in [0.5, 0.6) is 0 Å². The third-order valence-electron chi connectivity index (χ3n) is 4.18. The Bertz CT molecular complexity index is 894. The van der Waals surface area contributed by atoms with Gasteiger partial charge in [0.05, 0.1) is 13.2 Å². The standard InChI is InChI=1S/C21H21ClNO4P/c1-3-26-28(27-4-2)21(14-10-6-5-7-11-14)23-18-17(22)19(24)15-12-8-9-13-16(15)20(18)25/h5-13,21,23H,3-4H2,1-2H3. The molecule has 0 saturated heterocycles. The number of halogens is 1. The summed E-state index contributed by atoms with van der Waals surface area (Å²) in [6, 6.07) is 16.2. The number of rotatable bonds is 8. The molecule has 2 aromatic rings. The molecule has 1 atom stereocenters. The molecule has 0 bridgehead atoms. The highest BCUT2D eigenvalue weighted by Gasteiger charge is 2.35. The number of allylic oxidation sites excluding steroid dienone is 2. The zero-order chi connectivity index (χ0) is 20.1. The van der Waals surface area contributed by atoms with Crippen LogP contribution < -0.4 is 5.32 Å². The fourth-order valence-electron chi connectivity index (χ4n) is 2.94. The third kappa shape index (κ3) is 4.18. The Labute approximate surface area is 170 Å². The van der Waals surface area contributed by atoms with Gasteiger partial charge in [-0.2, -0.15) is 0 Å². The molecule has 1 aliphatic carbocycles. The minimum atomic E-state index is -1.41. The topological polar surface area (TPSA) is 64.6 Å². The fourth-order valence-corrected chi connectivity index (χ4v) is 4.72. The smallest absolute Gasteiger partial charge is 0.211 e. The van der Waals surface area contributed by atoms with Gasteiger partial charge in [-0.15, -0.1) is 0 Å². The first kappa shape index (κ1) is 20.7. The predicted octanol–water partition coefficient (Wildman–Crippen LogP) is 5.19. The van der Waals surface area contributed by atoms with Crippen LogP contribution >= 0.6 is 20.0 Å². The van der Waals surface area contributed by atoms with Crippen LogP contribution in [-0.4, -0.2) is 24.8 Å². The largest absolute Gasteiger partial charge is 0.366 e. The summed E-state index contributed by atoms with van der Waals surface area (Å²) in [7, 11) is -1.41. The van der Waals surface area contributed by atoms with Crippen LogP contribution in [0.1, 0.15) is 45.9 Å². The monoisotopic (exact) mass is 417 g/mol. The molecule has 0 aromatic heterocycles. The number of hydrogen-bond donors (Lipinski definition) is 1. The molecule has 7 heteroatoms. The molecule has 0 heterocycles. The van der Waals surface area contributed by atoms with Crippen molar-refractivity contribution in [2.75, 3.05) is 13.2 Å². The zero-order valence-electron chi connectivity index (χ0n) is 15.6. The van der Waals surface area contributed by atoms with Gasteiger partial charge in [-0.05, 0) is 19.4 Å². The van der Waals surface area contributed by atoms with Crippen molar-refractivity contribution < 1.29 is 18.6 Å². The second-order valence-corrected chi connectivity index (χ2v) is 7.95. The third-order valence-corrected chi connectivity index (χ3v) is 6.42. The van der Waals surface area contributed by atoms with Crippen LogP contribution in [0.15, 0.2) is 65.3 Å². The lowest BCUT2D eigenvalue weighted by Crippen LogP contribution is -2.31. The molecule has 1 aliphatic rings. The van der Waals surface area contributed by atoms with Gasteiger partial charge in [0, 0.05) is 11.1 Å². The maximum absolute atomic E-state index is 13.0. The lowest BCUT2D eigenvalue weighted by molar-refractivity contribution is 0.0973. The van der Waals surface area contributed by atoms with Crippen LogP contribution in [0.3, 0.4) is 0 Å². The molecule has 0 radical (unpaired) electrons. The molecular weight excluding hydrogens is 397 g/mol. The Kier molecular flexibility index (Phi) is 6.97. The van der Waals surface area contributed by atoms with Gasteiger partial charge < -0.3 is 14.4 Å². The van der Waals surface area contributed by atoms with Gasteiger partial charge in [0.1, 0.15) is 16.5 Å². The van der Waals surface area contributed by atoms with Crippen molar-refractivity contribution in [3.8, 4) is 0 Å². The number of carbonyl (C=O) groups excluding carboxylic acids is 2. The molecule has 0 spiro atoms. The Balaban J connectivity index is 2.01. The molecule has 0 aliphatic heterocycles. The van der Waals surface area contributed by atoms with Gasteiger partial charge in [0.2, 0.25) is 11.6 Å². The van der Waals surface area contributed by atoms with Crippen molar-refractivity contribution in [1.29, 1.82) is 0 Å². The highest BCUT2D eigenvalue weighted by atomic mass is 35.5. The van der Waals surface area contributed by atoms with Gasteiger partial charge in [-0.3, -0.25) is 9.59 Å². The average molecular weight is 418 g/mol. The molecule has 0 amide bonds. The highest BCUT2D eigenvalue weighted by molar-refractivity contribution is 7.47. The van der Waals surface area contributed by atoms with Gasteiger partial charge in [-0.1, -0.05) is 66.2 Å². The molecule has 2 aromatic carbocycles. The molecule has 0 saturated carbocycles. The lowest BCUT2D eigenvalue weighted by atomic mass is 9.92. The predicted molar refractivity (Wildman–Crippen MR) is 110 cm³/mol. The number of benzene rings is 2. The second kappa shape index (κ2) is 9.44. The van der Waals surface area contributed by atoms with Crippen molar-refractivity contribution in [1.82, 2.24) is 5.32 Å². The highest BCUT2D eigenvalue weighted by Crippen LogP contribution is 2.52. The lowest BCUT2D eigenvalue weighted by Gasteiger charge is -2.29. The maximum Gasteiger partial charge on any atom is 0.211 e. The van der Waals surface area contributed by atoms with Crippen LogP contribution in [0, 0.1) is 0 Å². The number of nitrogens with one attached hydrogen (secondary N) is 1. The first-order valence-corrected chi connectivity index (χ1v) is 10.7. The first-order chi connectivity index (χ1) is 13.6. The second-order valence-electron chi connectivity index (χ2n) is 5.97. The van der Waals surface area contributed by atoms with Crippen molar-refractivity contribution in [3.63, 3.8) is 0 Å². The molecule has 5 nitrogen and oxygen atoms in total. The molecule has 28 heavy (non-hydrogen) atoms. The van der Waals surface area contributed by atoms with E-state index in [4.69, 9.17) is 20.6 Å². The summed E-state index contributed by atoms with van der Waals surface area (Å²) in [5.74, 6) is -1.14. The van der Waals surface area contributed by atoms with Crippen LogP contribution in [-0.2, 0) is 9.05 Å². The van der Waals surface area contributed by atoms with Gasteiger partial charge in [-0.25, -0.2) is 0 Å². The van der Waals surface area contributed by atoms with Crippen molar-refractivity contribution in [2.24, 2.45) is 0 Å². The number of ketones is 2. The number of Topliss-reactive ketones (excluding diaryl/α,β-unsaturated/α-hetero) is 2. The van der Waals surface area contributed by atoms with E-state index in [1.54, 1.807) is 24.3 Å². The summed E-state index contributed by atoms with van der Waals surface area (Å²) < 4.78 is 11.7. The van der Waals surface area contributed by atoms with Crippen molar-refractivity contribution in [3.05, 3.63) is 82.0 Å². The summed E-state index contributed by atoms with van der Waals surface area (Å²) in [5.41, 5.74) is 1.61. The Morgan fingerprint density at radius 3 is 2.00 bits per heavy atom. The fraction of sp³-hybridized carbons (Fsp3) is 0.238. The van der Waals surface area contributed by atoms with Crippen LogP contribution in [0.4, 0.5) is 0 Å². The molecule has 1 N–H and O–H groups in total. The van der Waals surface area contributed by atoms with Gasteiger partial charge >= 0.3 is 0 Å². The van der Waals surface area contributed by atoms with E-state index >= 15 is 0 Å². The first-order valence-electron chi connectivity index (χ1n) is 9.03. The van der Waals surface area contributed by atoms with E-state index in [1.807, 2.05) is 44.2 Å². The van der Waals surface area contributed by atoms with E-state index in [1.165, 1.54) is 0 Å². The quantitative estimate of drug-likeness (QED) is 0.599. The van der Waals surface area contributed by atoms with E-state index < -0.39 is 14.2 Å². The van der Waals surface area contributed by atoms with Crippen LogP contribution in [0.25, 0.3) is 0 Å². The number of fused-ring (bicyclic) bond motifs is 1. The Morgan fingerprint density at radius 2 is 1.43 bits per heavy atom. The van der Waals surface area contributed by atoms with E-state index in [0.29, 0.717) is 24.3 Å². The summed E-state index contributed by atoms with van der Waals surface area (Å²) >= 11 is 6.32. The molecule has 0 fully saturated rings. The minimum absolute atomic E-state index is 0.0751. The summed E-state index contributed by atoms with van der Waals surface area (Å²) in [4.78, 5) is 25.7. The van der Waals surface area contributed by atoms with E-state index in [9.17, 15) is 9.59 Å². The minimum Gasteiger partial charge on any atom is -0.366 e. The molecule has 1 unspecified atom stereocenters. The average Bonchev–Trinajstić information content (AvgIpc) is 2.73. The van der Waals surface area contributed by atoms with E-state index in [0.717, 1.165) is 5.56 Å². The number of hydrogen-bond acceptors (Lipinski definition) is 5. The SMILES string of the molecule is CCOP(OCC)C(NC1=C(Cl)C(=O)c2ccccc2C1=O)c1ccccc1. The molecular formula is C21H21ClNO4P. The Hall–Kier alpha value is -2.04. The summed E-state index contributed by atoms with van der Waals surface area (Å²) in [6.45, 7) is 4.68. The summed E-state index contributed by atoms with van der Waals surface area (Å²) in [6.07, 6.45) is 0.